The molecule has 0 aliphatic carbocycles. The molecule has 1 N–H and O–H groups in total. The Labute approximate surface area is 186 Å². The molecule has 2 atom stereocenters. The summed E-state index contributed by atoms with van der Waals surface area (Å²) in [6, 6.07) is 3.07. The summed E-state index contributed by atoms with van der Waals surface area (Å²) in [5.41, 5.74) is 0. The van der Waals surface area contributed by atoms with Gasteiger partial charge in [0.2, 0.25) is 5.91 Å². The van der Waals surface area contributed by atoms with E-state index < -0.39 is 33.9 Å². The van der Waals surface area contributed by atoms with Crippen LogP contribution in [0.2, 0.25) is 0 Å². The number of likely N-dealkylation sites (N-methyl/N-ethyl adjacent to an activating group) is 1. The van der Waals surface area contributed by atoms with Crippen LogP contribution >= 0.6 is 11.3 Å². The number of sulfone groups is 1. The molecule has 2 rings (SSSR count). The molecule has 1 fully saturated rings. The van der Waals surface area contributed by atoms with Gasteiger partial charge in [-0.1, -0.05) is 6.07 Å². The highest BCUT2D eigenvalue weighted by atomic mass is 32.2. The van der Waals surface area contributed by atoms with Crippen molar-refractivity contribution in [2.45, 2.75) is 51.7 Å². The number of carbonyl (C=O) groups excluding carboxylic acids is 4. The van der Waals surface area contributed by atoms with E-state index in [1.165, 1.54) is 23.2 Å². The van der Waals surface area contributed by atoms with Gasteiger partial charge < -0.3 is 15.0 Å². The lowest BCUT2D eigenvalue weighted by Crippen LogP contribution is -2.46. The minimum Gasteiger partial charge on any atom is -0.452 e. The van der Waals surface area contributed by atoms with Gasteiger partial charge in [0.05, 0.1) is 22.8 Å². The average Bonchev–Trinajstić information content (AvgIpc) is 3.36. The van der Waals surface area contributed by atoms with Crippen LogP contribution in [0.3, 0.4) is 0 Å². The van der Waals surface area contributed by atoms with Crippen molar-refractivity contribution in [2.24, 2.45) is 0 Å². The quantitative estimate of drug-likeness (QED) is 0.378. The SMILES string of the molecule is CCN(C(=O)[C@@H](C)OC(=O)CCNC(=O)CCC(=O)c1cccs1)[C@H]1CCS(=O)(=O)C1. The Balaban J connectivity index is 1.69. The van der Waals surface area contributed by atoms with Gasteiger partial charge in [-0.3, -0.25) is 19.2 Å². The monoisotopic (exact) mass is 472 g/mol. The van der Waals surface area contributed by atoms with Gasteiger partial charge in [-0.05, 0) is 31.7 Å². The number of nitrogens with one attached hydrogen (secondary N) is 1. The summed E-state index contributed by atoms with van der Waals surface area (Å²) in [6.07, 6.45) is -0.673. The predicted molar refractivity (Wildman–Crippen MR) is 116 cm³/mol. The number of carbonyl (C=O) groups is 4. The van der Waals surface area contributed by atoms with Crippen molar-refractivity contribution in [3.05, 3.63) is 22.4 Å². The van der Waals surface area contributed by atoms with Crippen LogP contribution in [0.15, 0.2) is 17.5 Å². The molecular weight excluding hydrogens is 444 g/mol. The Bertz CT molecular complexity index is 897. The Morgan fingerprint density at radius 2 is 2.00 bits per heavy atom. The van der Waals surface area contributed by atoms with E-state index in [0.717, 1.165) is 0 Å². The first-order valence-corrected chi connectivity index (χ1v) is 12.9. The number of esters is 1. The molecule has 0 radical (unpaired) electrons. The lowest BCUT2D eigenvalue weighted by Gasteiger charge is -2.29. The van der Waals surface area contributed by atoms with Crippen LogP contribution in [-0.4, -0.2) is 73.6 Å². The van der Waals surface area contributed by atoms with Gasteiger partial charge in [0, 0.05) is 32.0 Å². The molecule has 1 aliphatic rings. The first kappa shape index (κ1) is 25.0. The van der Waals surface area contributed by atoms with Gasteiger partial charge in [0.15, 0.2) is 21.7 Å². The van der Waals surface area contributed by atoms with E-state index in [1.807, 2.05) is 0 Å². The first-order valence-electron chi connectivity index (χ1n) is 10.2. The summed E-state index contributed by atoms with van der Waals surface area (Å²) in [6.45, 7) is 3.54. The highest BCUT2D eigenvalue weighted by molar-refractivity contribution is 7.91. The van der Waals surface area contributed by atoms with Gasteiger partial charge in [-0.25, -0.2) is 8.42 Å². The summed E-state index contributed by atoms with van der Waals surface area (Å²) in [5, 5.41) is 4.35. The third-order valence-corrected chi connectivity index (χ3v) is 7.62. The second kappa shape index (κ2) is 11.4. The molecular formula is C20H28N2O7S2. The summed E-state index contributed by atoms with van der Waals surface area (Å²) >= 11 is 1.32. The zero-order valence-corrected chi connectivity index (χ0v) is 19.3. The molecule has 2 heterocycles. The zero-order valence-electron chi connectivity index (χ0n) is 17.7. The van der Waals surface area contributed by atoms with Gasteiger partial charge >= 0.3 is 5.97 Å². The Hall–Kier alpha value is -2.27. The third kappa shape index (κ3) is 7.73. The van der Waals surface area contributed by atoms with Gasteiger partial charge in [0.1, 0.15) is 0 Å². The van der Waals surface area contributed by atoms with E-state index in [9.17, 15) is 27.6 Å². The largest absolute Gasteiger partial charge is 0.452 e. The number of amides is 2. The standard InChI is InChI=1S/C20H28N2O7S2/c1-3-22(15-9-12-31(27,28)13-15)20(26)14(2)29-19(25)8-10-21-18(24)7-6-16(23)17-5-4-11-30-17/h4-5,11,14-15H,3,6-10,12-13H2,1-2H3,(H,21,24)/t14-,15+/m1/s1. The maximum absolute atomic E-state index is 12.6. The molecule has 31 heavy (non-hydrogen) atoms. The molecule has 11 heteroatoms. The molecule has 0 bridgehead atoms. The minimum absolute atomic E-state index is 0.0242. The van der Waals surface area contributed by atoms with Crippen molar-refractivity contribution in [3.63, 3.8) is 0 Å². The third-order valence-electron chi connectivity index (χ3n) is 4.96. The van der Waals surface area contributed by atoms with Crippen molar-refractivity contribution in [1.82, 2.24) is 10.2 Å². The lowest BCUT2D eigenvalue weighted by atomic mass is 10.2. The number of ketones is 1. The van der Waals surface area contributed by atoms with Crippen molar-refractivity contribution in [2.75, 3.05) is 24.6 Å². The minimum atomic E-state index is -3.14. The first-order chi connectivity index (χ1) is 14.6. The maximum Gasteiger partial charge on any atom is 0.308 e. The van der Waals surface area contributed by atoms with Crippen LogP contribution in [0.25, 0.3) is 0 Å². The van der Waals surface area contributed by atoms with Crippen LogP contribution in [0, 0.1) is 0 Å². The van der Waals surface area contributed by atoms with Crippen molar-refractivity contribution >= 4 is 44.7 Å². The molecule has 1 aromatic heterocycles. The molecule has 1 aromatic rings. The number of ether oxygens (including phenoxy) is 1. The van der Waals surface area contributed by atoms with Crippen LogP contribution < -0.4 is 5.32 Å². The molecule has 1 aliphatic heterocycles. The van der Waals surface area contributed by atoms with Crippen LogP contribution in [0.5, 0.6) is 0 Å². The van der Waals surface area contributed by atoms with Gasteiger partial charge in [-0.2, -0.15) is 0 Å². The highest BCUT2D eigenvalue weighted by Gasteiger charge is 2.36. The van der Waals surface area contributed by atoms with Crippen molar-refractivity contribution in [1.29, 1.82) is 0 Å². The molecule has 0 aromatic carbocycles. The Morgan fingerprint density at radius 3 is 2.58 bits per heavy atom. The van der Waals surface area contributed by atoms with E-state index in [-0.39, 0.29) is 49.0 Å². The number of nitrogens with zero attached hydrogens (tertiary/aromatic N) is 1. The van der Waals surface area contributed by atoms with Crippen LogP contribution in [-0.2, 0) is 29.0 Å². The lowest BCUT2D eigenvalue weighted by molar-refractivity contribution is -0.159. The van der Waals surface area contributed by atoms with Gasteiger partial charge in [-0.15, -0.1) is 11.3 Å². The molecule has 0 spiro atoms. The number of rotatable bonds is 11. The fourth-order valence-electron chi connectivity index (χ4n) is 3.34. The molecule has 0 saturated carbocycles. The predicted octanol–water partition coefficient (Wildman–Crippen LogP) is 1.18. The molecule has 9 nitrogen and oxygen atoms in total. The number of Topliss-reactive ketones (excluding diaryl/α,β-unsaturated/α-hetero) is 1. The van der Waals surface area contributed by atoms with E-state index in [2.05, 4.69) is 5.32 Å². The molecule has 172 valence electrons. The van der Waals surface area contributed by atoms with E-state index in [0.29, 0.717) is 17.8 Å². The second-order valence-corrected chi connectivity index (χ2v) is 10.5. The molecule has 0 unspecified atom stereocenters. The Kier molecular flexibility index (Phi) is 9.17. The van der Waals surface area contributed by atoms with Crippen molar-refractivity contribution < 1.29 is 32.3 Å². The van der Waals surface area contributed by atoms with Crippen LogP contribution in [0.4, 0.5) is 0 Å². The van der Waals surface area contributed by atoms with E-state index in [1.54, 1.807) is 24.4 Å². The smallest absolute Gasteiger partial charge is 0.308 e. The summed E-state index contributed by atoms with van der Waals surface area (Å²) in [4.78, 5) is 50.3. The van der Waals surface area contributed by atoms with Crippen molar-refractivity contribution in [3.8, 4) is 0 Å². The second-order valence-electron chi connectivity index (χ2n) is 7.31. The molecule has 1 saturated heterocycles. The fraction of sp³-hybridized carbons (Fsp3) is 0.600. The normalized spacial score (nSPS) is 18.2. The summed E-state index contributed by atoms with van der Waals surface area (Å²) in [5.74, 6) is -1.56. The summed E-state index contributed by atoms with van der Waals surface area (Å²) in [7, 11) is -3.14. The molecule has 2 amide bonds. The number of thiophene rings is 1. The number of hydrogen-bond acceptors (Lipinski definition) is 8. The Morgan fingerprint density at radius 1 is 1.26 bits per heavy atom. The number of hydrogen-bond donors (Lipinski definition) is 1. The highest BCUT2D eigenvalue weighted by Crippen LogP contribution is 2.19. The fourth-order valence-corrected chi connectivity index (χ4v) is 5.76. The maximum atomic E-state index is 12.6. The topological polar surface area (TPSA) is 127 Å². The van der Waals surface area contributed by atoms with E-state index >= 15 is 0 Å². The van der Waals surface area contributed by atoms with Gasteiger partial charge in [0.25, 0.3) is 5.91 Å². The van der Waals surface area contributed by atoms with E-state index in [4.69, 9.17) is 4.74 Å². The zero-order chi connectivity index (χ0) is 23.0. The summed E-state index contributed by atoms with van der Waals surface area (Å²) < 4.78 is 28.5. The average molecular weight is 473 g/mol. The van der Waals surface area contributed by atoms with Crippen LogP contribution in [0.1, 0.15) is 49.2 Å².